The number of rotatable bonds is 5. The third kappa shape index (κ3) is 3.53. The van der Waals surface area contributed by atoms with E-state index in [9.17, 15) is 9.50 Å². The zero-order valence-electron chi connectivity index (χ0n) is 11.3. The van der Waals surface area contributed by atoms with E-state index in [0.29, 0.717) is 12.0 Å². The van der Waals surface area contributed by atoms with Gasteiger partial charge < -0.3 is 5.11 Å². The van der Waals surface area contributed by atoms with Gasteiger partial charge in [-0.2, -0.15) is 0 Å². The summed E-state index contributed by atoms with van der Waals surface area (Å²) in [6.07, 6.45) is 3.71. The molecule has 0 bridgehead atoms. The van der Waals surface area contributed by atoms with Crippen molar-refractivity contribution in [1.29, 1.82) is 0 Å². The lowest BCUT2D eigenvalue weighted by molar-refractivity contribution is 0.0406. The van der Waals surface area contributed by atoms with Crippen LogP contribution in [0, 0.1) is 19.7 Å². The zero-order valence-corrected chi connectivity index (χ0v) is 11.3. The second-order valence-electron chi connectivity index (χ2n) is 5.17. The Morgan fingerprint density at radius 2 is 1.88 bits per heavy atom. The molecule has 0 heterocycles. The van der Waals surface area contributed by atoms with Gasteiger partial charge in [0, 0.05) is 5.56 Å². The van der Waals surface area contributed by atoms with E-state index >= 15 is 0 Å². The summed E-state index contributed by atoms with van der Waals surface area (Å²) in [5.74, 6) is -0.288. The Balaban J connectivity index is 2.97. The van der Waals surface area contributed by atoms with Crippen molar-refractivity contribution in [3.05, 3.63) is 34.6 Å². The lowest BCUT2D eigenvalue weighted by Gasteiger charge is -2.26. The molecule has 2 heteroatoms. The molecule has 1 atom stereocenters. The SMILES string of the molecule is CCCCCC(C)(O)c1c(C)cc(C)cc1F. The van der Waals surface area contributed by atoms with Gasteiger partial charge in [0.15, 0.2) is 0 Å². The molecule has 1 rings (SSSR count). The molecule has 1 aromatic carbocycles. The van der Waals surface area contributed by atoms with E-state index in [2.05, 4.69) is 6.92 Å². The summed E-state index contributed by atoms with van der Waals surface area (Å²) in [5.41, 5.74) is 1.13. The molecule has 1 N–H and O–H groups in total. The molecule has 0 aromatic heterocycles. The minimum Gasteiger partial charge on any atom is -0.385 e. The number of aliphatic hydroxyl groups is 1. The normalized spacial score (nSPS) is 14.7. The van der Waals surface area contributed by atoms with Crippen molar-refractivity contribution in [2.45, 2.75) is 59.0 Å². The van der Waals surface area contributed by atoms with Crippen molar-refractivity contribution < 1.29 is 9.50 Å². The van der Waals surface area contributed by atoms with Crippen LogP contribution in [0.25, 0.3) is 0 Å². The van der Waals surface area contributed by atoms with Gasteiger partial charge in [-0.15, -0.1) is 0 Å². The Kier molecular flexibility index (Phi) is 4.70. The molecular formula is C15H23FO. The van der Waals surface area contributed by atoms with Crippen molar-refractivity contribution in [3.63, 3.8) is 0 Å². The molecule has 0 aliphatic rings. The molecule has 0 aliphatic carbocycles. The van der Waals surface area contributed by atoms with Crippen molar-refractivity contribution in [3.8, 4) is 0 Å². The number of hydrogen-bond donors (Lipinski definition) is 1. The molecule has 0 saturated carbocycles. The Labute approximate surface area is 104 Å². The monoisotopic (exact) mass is 238 g/mol. The van der Waals surface area contributed by atoms with Crippen LogP contribution in [0.4, 0.5) is 4.39 Å². The average molecular weight is 238 g/mol. The van der Waals surface area contributed by atoms with Gasteiger partial charge in [-0.3, -0.25) is 0 Å². The van der Waals surface area contributed by atoms with E-state index in [1.165, 1.54) is 6.07 Å². The van der Waals surface area contributed by atoms with E-state index in [1.807, 2.05) is 19.9 Å². The van der Waals surface area contributed by atoms with Gasteiger partial charge in [0.1, 0.15) is 5.82 Å². The van der Waals surface area contributed by atoms with Crippen LogP contribution >= 0.6 is 0 Å². The topological polar surface area (TPSA) is 20.2 Å². The van der Waals surface area contributed by atoms with Gasteiger partial charge in [0.2, 0.25) is 0 Å². The molecule has 0 amide bonds. The van der Waals surface area contributed by atoms with E-state index < -0.39 is 5.60 Å². The molecule has 0 fully saturated rings. The third-order valence-corrected chi connectivity index (χ3v) is 3.24. The van der Waals surface area contributed by atoms with E-state index in [1.54, 1.807) is 6.92 Å². The van der Waals surface area contributed by atoms with Crippen molar-refractivity contribution >= 4 is 0 Å². The largest absolute Gasteiger partial charge is 0.385 e. The second kappa shape index (κ2) is 5.63. The Morgan fingerprint density at radius 1 is 1.24 bits per heavy atom. The van der Waals surface area contributed by atoms with Crippen molar-refractivity contribution in [1.82, 2.24) is 0 Å². The molecule has 0 radical (unpaired) electrons. The molecule has 0 aliphatic heterocycles. The minimum atomic E-state index is -1.06. The lowest BCUT2D eigenvalue weighted by Crippen LogP contribution is -2.24. The highest BCUT2D eigenvalue weighted by Gasteiger charge is 2.27. The first-order chi connectivity index (χ1) is 7.88. The third-order valence-electron chi connectivity index (χ3n) is 3.24. The number of aryl methyl sites for hydroxylation is 2. The van der Waals surface area contributed by atoms with E-state index in [4.69, 9.17) is 0 Å². The highest BCUT2D eigenvalue weighted by atomic mass is 19.1. The van der Waals surface area contributed by atoms with Crippen LogP contribution in [-0.4, -0.2) is 5.11 Å². The fourth-order valence-electron chi connectivity index (χ4n) is 2.44. The summed E-state index contributed by atoms with van der Waals surface area (Å²) in [6, 6.07) is 3.42. The van der Waals surface area contributed by atoms with Crippen LogP contribution in [0.1, 0.15) is 56.2 Å². The molecule has 17 heavy (non-hydrogen) atoms. The predicted molar refractivity (Wildman–Crippen MR) is 69.6 cm³/mol. The number of halogens is 1. The minimum absolute atomic E-state index is 0.288. The summed E-state index contributed by atoms with van der Waals surface area (Å²) >= 11 is 0. The van der Waals surface area contributed by atoms with Crippen LogP contribution in [-0.2, 0) is 5.60 Å². The molecule has 0 saturated heterocycles. The predicted octanol–water partition coefficient (Wildman–Crippen LogP) is 4.23. The quantitative estimate of drug-likeness (QED) is 0.761. The number of hydrogen-bond acceptors (Lipinski definition) is 1. The smallest absolute Gasteiger partial charge is 0.129 e. The fourth-order valence-corrected chi connectivity index (χ4v) is 2.44. The first kappa shape index (κ1) is 14.2. The average Bonchev–Trinajstić information content (AvgIpc) is 2.15. The van der Waals surface area contributed by atoms with Crippen LogP contribution < -0.4 is 0 Å². The summed E-state index contributed by atoms with van der Waals surface area (Å²) in [6.45, 7) is 7.56. The van der Waals surface area contributed by atoms with Gasteiger partial charge >= 0.3 is 0 Å². The van der Waals surface area contributed by atoms with Gasteiger partial charge in [0.25, 0.3) is 0 Å². The van der Waals surface area contributed by atoms with Crippen LogP contribution in [0.5, 0.6) is 0 Å². The maximum absolute atomic E-state index is 14.0. The molecule has 1 aromatic rings. The number of benzene rings is 1. The highest BCUT2D eigenvalue weighted by Crippen LogP contribution is 2.32. The van der Waals surface area contributed by atoms with E-state index in [-0.39, 0.29) is 5.82 Å². The molecule has 0 spiro atoms. The number of unbranched alkanes of at least 4 members (excludes halogenated alkanes) is 2. The molecular weight excluding hydrogens is 215 g/mol. The Morgan fingerprint density at radius 3 is 2.41 bits per heavy atom. The Hall–Kier alpha value is -0.890. The molecule has 96 valence electrons. The summed E-state index contributed by atoms with van der Waals surface area (Å²) < 4.78 is 14.0. The fraction of sp³-hybridized carbons (Fsp3) is 0.600. The van der Waals surface area contributed by atoms with Gasteiger partial charge in [0.05, 0.1) is 5.60 Å². The van der Waals surface area contributed by atoms with Crippen molar-refractivity contribution in [2.24, 2.45) is 0 Å². The van der Waals surface area contributed by atoms with E-state index in [0.717, 1.165) is 30.4 Å². The van der Waals surface area contributed by atoms with Gasteiger partial charge in [-0.1, -0.05) is 32.3 Å². The molecule has 1 nitrogen and oxygen atoms in total. The highest BCUT2D eigenvalue weighted by molar-refractivity contribution is 5.35. The van der Waals surface area contributed by atoms with Gasteiger partial charge in [-0.05, 0) is 44.4 Å². The van der Waals surface area contributed by atoms with Crippen LogP contribution in [0.3, 0.4) is 0 Å². The maximum Gasteiger partial charge on any atom is 0.129 e. The second-order valence-corrected chi connectivity index (χ2v) is 5.17. The standard InChI is InChI=1S/C15H23FO/c1-5-6-7-8-15(4,17)14-12(3)9-11(2)10-13(14)16/h9-10,17H,5-8H2,1-4H3. The summed E-state index contributed by atoms with van der Waals surface area (Å²) in [5, 5.41) is 10.4. The van der Waals surface area contributed by atoms with Crippen LogP contribution in [0.2, 0.25) is 0 Å². The first-order valence-electron chi connectivity index (χ1n) is 6.38. The molecule has 1 unspecified atom stereocenters. The van der Waals surface area contributed by atoms with Crippen molar-refractivity contribution in [2.75, 3.05) is 0 Å². The first-order valence-corrected chi connectivity index (χ1v) is 6.38. The lowest BCUT2D eigenvalue weighted by atomic mass is 9.86. The summed E-state index contributed by atoms with van der Waals surface area (Å²) in [7, 11) is 0. The zero-order chi connectivity index (χ0) is 13.1. The van der Waals surface area contributed by atoms with Crippen LogP contribution in [0.15, 0.2) is 12.1 Å². The van der Waals surface area contributed by atoms with Gasteiger partial charge in [-0.25, -0.2) is 4.39 Å². The summed E-state index contributed by atoms with van der Waals surface area (Å²) in [4.78, 5) is 0. The Bertz CT molecular complexity index is 360. The maximum atomic E-state index is 14.0.